The van der Waals surface area contributed by atoms with Crippen molar-refractivity contribution in [2.24, 2.45) is 5.73 Å². The molecule has 2 amide bonds. The van der Waals surface area contributed by atoms with Gasteiger partial charge in [-0.3, -0.25) is 14.9 Å². The molecule has 2 rings (SSSR count). The number of thioether (sulfide) groups is 1. The van der Waals surface area contributed by atoms with Crippen LogP contribution in [0.3, 0.4) is 0 Å². The Kier molecular flexibility index (Phi) is 8.23. The van der Waals surface area contributed by atoms with Gasteiger partial charge in [-0.1, -0.05) is 11.3 Å². The highest BCUT2D eigenvalue weighted by Gasteiger charge is 2.17. The van der Waals surface area contributed by atoms with Crippen LogP contribution < -0.4 is 11.1 Å². The van der Waals surface area contributed by atoms with Crippen LogP contribution in [0, 0.1) is 32.1 Å². The number of hydrogen-bond donors (Lipinski definition) is 2. The lowest BCUT2D eigenvalue weighted by atomic mass is 10.1. The van der Waals surface area contributed by atoms with Gasteiger partial charge < -0.3 is 15.0 Å². The first-order valence-corrected chi connectivity index (χ1v) is 11.0. The Labute approximate surface area is 184 Å². The molecule has 1 atom stereocenters. The molecule has 1 unspecified atom stereocenters. The van der Waals surface area contributed by atoms with E-state index >= 15 is 0 Å². The molecule has 0 aromatic carbocycles. The van der Waals surface area contributed by atoms with Crippen LogP contribution in [0.25, 0.3) is 6.08 Å². The predicted molar refractivity (Wildman–Crippen MR) is 119 cm³/mol. The van der Waals surface area contributed by atoms with Crippen molar-refractivity contribution in [1.82, 2.24) is 9.55 Å². The second kappa shape index (κ2) is 10.4. The van der Waals surface area contributed by atoms with E-state index in [9.17, 15) is 14.9 Å². The fourth-order valence-electron chi connectivity index (χ4n) is 3.12. The summed E-state index contributed by atoms with van der Waals surface area (Å²) >= 11 is 2.51. The summed E-state index contributed by atoms with van der Waals surface area (Å²) in [4.78, 5) is 27.9. The third-order valence-electron chi connectivity index (χ3n) is 4.36. The number of hydrogen-bond acceptors (Lipinski definition) is 7. The summed E-state index contributed by atoms with van der Waals surface area (Å²) in [5.74, 6) is -0.824. The number of thiazole rings is 1. The van der Waals surface area contributed by atoms with Crippen LogP contribution in [0.4, 0.5) is 5.13 Å². The largest absolute Gasteiger partial charge is 0.383 e. The van der Waals surface area contributed by atoms with Crippen LogP contribution in [0.1, 0.15) is 35.6 Å². The smallest absolute Gasteiger partial charge is 0.268 e. The first kappa shape index (κ1) is 23.7. The van der Waals surface area contributed by atoms with Crippen LogP contribution in [-0.2, 0) is 14.3 Å². The number of primary amides is 1. The highest BCUT2D eigenvalue weighted by atomic mass is 32.2. The molecule has 0 saturated carbocycles. The number of rotatable bonds is 9. The molecule has 160 valence electrons. The Morgan fingerprint density at radius 3 is 2.77 bits per heavy atom. The Hall–Kier alpha value is -2.61. The summed E-state index contributed by atoms with van der Waals surface area (Å²) in [6, 6.07) is 4.04. The molecule has 0 radical (unpaired) electrons. The highest BCUT2D eigenvalue weighted by Crippen LogP contribution is 2.32. The van der Waals surface area contributed by atoms with Gasteiger partial charge in [0.25, 0.3) is 5.91 Å². The van der Waals surface area contributed by atoms with Crippen LogP contribution in [-0.4, -0.2) is 40.8 Å². The van der Waals surface area contributed by atoms with Gasteiger partial charge in [-0.2, -0.15) is 5.26 Å². The Balaban J connectivity index is 2.22. The zero-order chi connectivity index (χ0) is 22.4. The topological polar surface area (TPSA) is 123 Å². The molecule has 0 spiro atoms. The number of nitrogens with zero attached hydrogens (tertiary/aromatic N) is 3. The number of nitriles is 1. The van der Waals surface area contributed by atoms with Gasteiger partial charge in [0.05, 0.1) is 28.3 Å². The second-order valence-electron chi connectivity index (χ2n) is 6.77. The molecule has 0 saturated heterocycles. The van der Waals surface area contributed by atoms with Gasteiger partial charge in [-0.15, -0.1) is 11.8 Å². The number of aromatic nitrogens is 2. The maximum Gasteiger partial charge on any atom is 0.268 e. The molecule has 0 bridgehead atoms. The van der Waals surface area contributed by atoms with E-state index in [2.05, 4.69) is 14.9 Å². The second-order valence-corrected chi connectivity index (χ2v) is 9.01. The number of methoxy groups -OCH3 is 1. The third kappa shape index (κ3) is 5.72. The van der Waals surface area contributed by atoms with Gasteiger partial charge in [0.2, 0.25) is 5.91 Å². The predicted octanol–water partition coefficient (Wildman–Crippen LogP) is 3.20. The van der Waals surface area contributed by atoms with Gasteiger partial charge in [0, 0.05) is 18.5 Å². The molecule has 2 aromatic heterocycles. The number of aryl methyl sites for hydroxylation is 2. The number of nitrogens with two attached hydrogens (primary N) is 1. The number of amides is 2. The standard InChI is InChI=1S/C20H25N5O3S2/c1-11-6-15(14(4)25(11)12(2)9-28-5)7-16(8-21)18(27)24-20-23-13(3)19(30-20)29-10-17(22)26/h6-7,12H,9-10H2,1-5H3,(H2,22,26)(H,23,24,27)/b16-7-. The lowest BCUT2D eigenvalue weighted by Gasteiger charge is -2.17. The van der Waals surface area contributed by atoms with Crippen LogP contribution >= 0.6 is 23.1 Å². The first-order valence-electron chi connectivity index (χ1n) is 9.16. The van der Waals surface area contributed by atoms with E-state index in [0.29, 0.717) is 17.4 Å². The van der Waals surface area contributed by atoms with E-state index in [0.717, 1.165) is 21.2 Å². The summed E-state index contributed by atoms with van der Waals surface area (Å²) in [5, 5.41) is 12.6. The molecule has 0 aliphatic heterocycles. The lowest BCUT2D eigenvalue weighted by molar-refractivity contribution is -0.115. The van der Waals surface area contributed by atoms with Crippen molar-refractivity contribution in [3.8, 4) is 6.07 Å². The minimum absolute atomic E-state index is 0.0196. The zero-order valence-corrected chi connectivity index (χ0v) is 19.2. The van der Waals surface area contributed by atoms with Crippen molar-refractivity contribution in [3.05, 3.63) is 34.3 Å². The van der Waals surface area contributed by atoms with Gasteiger partial charge in [-0.25, -0.2) is 4.98 Å². The van der Waals surface area contributed by atoms with Crippen LogP contribution in [0.2, 0.25) is 0 Å². The molecule has 2 heterocycles. The SMILES string of the molecule is COCC(C)n1c(C)cc(/C=C(/C#N)C(=O)Nc2nc(C)c(SCC(N)=O)s2)c1C. The van der Waals surface area contributed by atoms with Crippen molar-refractivity contribution in [2.45, 2.75) is 37.9 Å². The number of nitrogens with one attached hydrogen (secondary N) is 1. The minimum Gasteiger partial charge on any atom is -0.383 e. The van der Waals surface area contributed by atoms with E-state index in [1.165, 1.54) is 23.1 Å². The quantitative estimate of drug-likeness (QED) is 0.346. The minimum atomic E-state index is -0.535. The van der Waals surface area contributed by atoms with Gasteiger partial charge in [-0.05, 0) is 45.4 Å². The highest BCUT2D eigenvalue weighted by molar-refractivity contribution is 8.01. The Morgan fingerprint density at radius 2 is 2.17 bits per heavy atom. The average Bonchev–Trinajstić information content (AvgIpc) is 3.16. The lowest BCUT2D eigenvalue weighted by Crippen LogP contribution is -2.14. The summed E-state index contributed by atoms with van der Waals surface area (Å²) in [5.41, 5.74) is 8.62. The summed E-state index contributed by atoms with van der Waals surface area (Å²) in [7, 11) is 1.65. The first-order chi connectivity index (χ1) is 14.2. The normalized spacial score (nSPS) is 12.5. The molecule has 2 aromatic rings. The fraction of sp³-hybridized carbons (Fsp3) is 0.400. The van der Waals surface area contributed by atoms with Gasteiger partial charge in [0.1, 0.15) is 11.6 Å². The maximum atomic E-state index is 12.6. The van der Waals surface area contributed by atoms with E-state index < -0.39 is 11.8 Å². The van der Waals surface area contributed by atoms with Crippen molar-refractivity contribution in [3.63, 3.8) is 0 Å². The van der Waals surface area contributed by atoms with E-state index in [4.69, 9.17) is 10.5 Å². The van der Waals surface area contributed by atoms with Crippen molar-refractivity contribution in [1.29, 1.82) is 5.26 Å². The van der Waals surface area contributed by atoms with Gasteiger partial charge in [0.15, 0.2) is 5.13 Å². The third-order valence-corrected chi connectivity index (χ3v) is 6.81. The number of carbonyl (C=O) groups excluding carboxylic acids is 2. The summed E-state index contributed by atoms with van der Waals surface area (Å²) in [6.45, 7) is 8.32. The van der Waals surface area contributed by atoms with Crippen molar-refractivity contribution < 1.29 is 14.3 Å². The maximum absolute atomic E-state index is 12.6. The molecule has 30 heavy (non-hydrogen) atoms. The van der Waals surface area contributed by atoms with Crippen molar-refractivity contribution in [2.75, 3.05) is 24.8 Å². The number of carbonyl (C=O) groups is 2. The molecule has 0 aliphatic rings. The summed E-state index contributed by atoms with van der Waals surface area (Å²) in [6.07, 6.45) is 1.58. The number of ether oxygens (including phenoxy) is 1. The van der Waals surface area contributed by atoms with E-state index in [-0.39, 0.29) is 17.4 Å². The summed E-state index contributed by atoms with van der Waals surface area (Å²) < 4.78 is 8.15. The van der Waals surface area contributed by atoms with Crippen LogP contribution in [0.5, 0.6) is 0 Å². The van der Waals surface area contributed by atoms with E-state index in [1.807, 2.05) is 32.9 Å². The molecule has 8 nitrogen and oxygen atoms in total. The Morgan fingerprint density at radius 1 is 1.47 bits per heavy atom. The van der Waals surface area contributed by atoms with Crippen LogP contribution in [0.15, 0.2) is 15.8 Å². The zero-order valence-electron chi connectivity index (χ0n) is 17.6. The number of anilines is 1. The molecule has 0 fully saturated rings. The van der Waals surface area contributed by atoms with Crippen molar-refractivity contribution >= 4 is 46.1 Å². The molecular formula is C20H25N5O3S2. The monoisotopic (exact) mass is 447 g/mol. The molecule has 3 N–H and O–H groups in total. The average molecular weight is 448 g/mol. The van der Waals surface area contributed by atoms with E-state index in [1.54, 1.807) is 20.1 Å². The van der Waals surface area contributed by atoms with Gasteiger partial charge >= 0.3 is 0 Å². The fourth-order valence-corrected chi connectivity index (χ4v) is 4.99. The molecule has 10 heteroatoms. The molecular weight excluding hydrogens is 422 g/mol. The Bertz CT molecular complexity index is 1020. The molecule has 0 aliphatic carbocycles.